The van der Waals surface area contributed by atoms with Crippen LogP contribution < -0.4 is 5.73 Å². The lowest BCUT2D eigenvalue weighted by Crippen LogP contribution is -2.45. The number of nitrogens with two attached hydrogens (primary N) is 1. The highest BCUT2D eigenvalue weighted by Gasteiger charge is 2.30. The van der Waals surface area contributed by atoms with Gasteiger partial charge in [-0.25, -0.2) is 4.79 Å². The molecular formula is C8H11NO2. The Hall–Kier alpha value is -1.01. The summed E-state index contributed by atoms with van der Waals surface area (Å²) >= 11 is 0. The van der Waals surface area contributed by atoms with Crippen LogP contribution in [0.1, 0.15) is 19.3 Å². The van der Waals surface area contributed by atoms with E-state index in [1.54, 1.807) is 0 Å². The molecule has 0 aromatic carbocycles. The van der Waals surface area contributed by atoms with E-state index in [-0.39, 0.29) is 0 Å². The summed E-state index contributed by atoms with van der Waals surface area (Å²) in [4.78, 5) is 10.5. The maximum absolute atomic E-state index is 10.5. The molecule has 0 radical (unpaired) electrons. The van der Waals surface area contributed by atoms with Crippen molar-refractivity contribution in [2.24, 2.45) is 5.73 Å². The fourth-order valence-corrected chi connectivity index (χ4v) is 0.909. The molecular weight excluding hydrogens is 142 g/mol. The Kier molecular flexibility index (Phi) is 2.16. The summed E-state index contributed by atoms with van der Waals surface area (Å²) in [6.07, 6.45) is 2.88. The topological polar surface area (TPSA) is 52.3 Å². The van der Waals surface area contributed by atoms with Crippen LogP contribution in [0.5, 0.6) is 0 Å². The molecule has 0 heterocycles. The number of hydrogen-bond donors (Lipinski definition) is 1. The molecule has 1 fully saturated rings. The number of rotatable bonds is 0. The minimum atomic E-state index is -0.512. The van der Waals surface area contributed by atoms with Crippen molar-refractivity contribution in [3.05, 3.63) is 0 Å². The molecule has 11 heavy (non-hydrogen) atoms. The summed E-state index contributed by atoms with van der Waals surface area (Å²) in [6, 6.07) is 0. The van der Waals surface area contributed by atoms with Crippen molar-refractivity contribution in [2.45, 2.75) is 24.8 Å². The largest absolute Gasteiger partial charge is 0.459 e. The van der Waals surface area contributed by atoms with Crippen LogP contribution in [0.15, 0.2) is 0 Å². The Morgan fingerprint density at radius 3 is 2.64 bits per heavy atom. The average molecular weight is 153 g/mol. The molecule has 0 amide bonds. The lowest BCUT2D eigenvalue weighted by atomic mass is 9.78. The first-order valence-corrected chi connectivity index (χ1v) is 3.56. The third-order valence-electron chi connectivity index (χ3n) is 1.84. The molecule has 60 valence electrons. The molecule has 0 unspecified atom stereocenters. The number of methoxy groups -OCH3 is 1. The quantitative estimate of drug-likeness (QED) is 0.304. The van der Waals surface area contributed by atoms with Crippen LogP contribution in [0.2, 0.25) is 0 Å². The minimum Gasteiger partial charge on any atom is -0.459 e. The molecule has 0 saturated heterocycles. The molecule has 3 heteroatoms. The SMILES string of the molecule is COC(=O)C#CC1(N)CCC1. The van der Waals surface area contributed by atoms with Crippen LogP contribution in [0, 0.1) is 11.8 Å². The van der Waals surface area contributed by atoms with Gasteiger partial charge in [0.1, 0.15) is 0 Å². The number of esters is 1. The maximum atomic E-state index is 10.5. The summed E-state index contributed by atoms with van der Waals surface area (Å²) in [6.45, 7) is 0. The van der Waals surface area contributed by atoms with Crippen molar-refractivity contribution in [2.75, 3.05) is 7.11 Å². The predicted molar refractivity (Wildman–Crippen MR) is 40.6 cm³/mol. The van der Waals surface area contributed by atoms with E-state index in [1.807, 2.05) is 0 Å². The average Bonchev–Trinajstić information content (AvgIpc) is 1.96. The van der Waals surface area contributed by atoms with Crippen LogP contribution in [0.4, 0.5) is 0 Å². The highest BCUT2D eigenvalue weighted by molar-refractivity contribution is 5.88. The van der Waals surface area contributed by atoms with E-state index in [2.05, 4.69) is 16.6 Å². The van der Waals surface area contributed by atoms with Gasteiger partial charge in [-0.3, -0.25) is 0 Å². The van der Waals surface area contributed by atoms with Crippen molar-refractivity contribution >= 4 is 5.97 Å². The van der Waals surface area contributed by atoms with Gasteiger partial charge >= 0.3 is 5.97 Å². The van der Waals surface area contributed by atoms with E-state index in [1.165, 1.54) is 7.11 Å². The summed E-state index contributed by atoms with van der Waals surface area (Å²) in [7, 11) is 1.31. The normalized spacial score (nSPS) is 19.1. The highest BCUT2D eigenvalue weighted by atomic mass is 16.5. The Morgan fingerprint density at radius 2 is 2.27 bits per heavy atom. The second-order valence-electron chi connectivity index (χ2n) is 2.75. The molecule has 1 rings (SSSR count). The van der Waals surface area contributed by atoms with E-state index in [0.717, 1.165) is 19.3 Å². The molecule has 1 aliphatic rings. The highest BCUT2D eigenvalue weighted by Crippen LogP contribution is 2.27. The summed E-state index contributed by atoms with van der Waals surface area (Å²) in [5, 5.41) is 0. The van der Waals surface area contributed by atoms with E-state index in [0.29, 0.717) is 0 Å². The second-order valence-corrected chi connectivity index (χ2v) is 2.75. The molecule has 0 aromatic heterocycles. The molecule has 0 atom stereocenters. The number of carbonyl (C=O) groups excluding carboxylic acids is 1. The molecule has 0 bridgehead atoms. The monoisotopic (exact) mass is 153 g/mol. The summed E-state index contributed by atoms with van der Waals surface area (Å²) in [5.41, 5.74) is 5.32. The molecule has 3 nitrogen and oxygen atoms in total. The van der Waals surface area contributed by atoms with Crippen LogP contribution in [-0.2, 0) is 9.53 Å². The molecule has 0 aliphatic heterocycles. The number of hydrogen-bond acceptors (Lipinski definition) is 3. The zero-order valence-electron chi connectivity index (χ0n) is 6.52. The Labute approximate surface area is 65.9 Å². The first kappa shape index (κ1) is 8.09. The standard InChI is InChI=1S/C8H11NO2/c1-11-7(10)3-6-8(9)4-2-5-8/h2,4-5,9H2,1H3. The lowest BCUT2D eigenvalue weighted by Gasteiger charge is -2.32. The van der Waals surface area contributed by atoms with Gasteiger partial charge in [-0.05, 0) is 19.3 Å². The Balaban J connectivity index is 2.48. The third kappa shape index (κ3) is 1.95. The molecule has 2 N–H and O–H groups in total. The van der Waals surface area contributed by atoms with Crippen molar-refractivity contribution in [3.63, 3.8) is 0 Å². The van der Waals surface area contributed by atoms with Gasteiger partial charge in [0.25, 0.3) is 0 Å². The lowest BCUT2D eigenvalue weighted by molar-refractivity contribution is -0.133. The fraction of sp³-hybridized carbons (Fsp3) is 0.625. The predicted octanol–water partition coefficient (Wildman–Crippen LogP) is 0.0442. The first-order chi connectivity index (χ1) is 5.16. The fourth-order valence-electron chi connectivity index (χ4n) is 0.909. The second kappa shape index (κ2) is 2.93. The summed E-state index contributed by atoms with van der Waals surface area (Å²) in [5.74, 6) is 4.53. The first-order valence-electron chi connectivity index (χ1n) is 3.56. The van der Waals surface area contributed by atoms with E-state index in [9.17, 15) is 4.79 Å². The minimum absolute atomic E-state index is 0.409. The van der Waals surface area contributed by atoms with Gasteiger partial charge in [0, 0.05) is 5.92 Å². The Morgan fingerprint density at radius 1 is 1.64 bits per heavy atom. The maximum Gasteiger partial charge on any atom is 0.384 e. The van der Waals surface area contributed by atoms with Crippen molar-refractivity contribution < 1.29 is 9.53 Å². The van der Waals surface area contributed by atoms with Gasteiger partial charge in [-0.1, -0.05) is 5.92 Å². The van der Waals surface area contributed by atoms with E-state index < -0.39 is 11.5 Å². The summed E-state index contributed by atoms with van der Waals surface area (Å²) < 4.78 is 4.35. The van der Waals surface area contributed by atoms with Gasteiger partial charge < -0.3 is 10.5 Å². The van der Waals surface area contributed by atoms with Crippen molar-refractivity contribution in [3.8, 4) is 11.8 Å². The van der Waals surface area contributed by atoms with Gasteiger partial charge in [0.05, 0.1) is 12.6 Å². The number of ether oxygens (including phenoxy) is 1. The van der Waals surface area contributed by atoms with Crippen LogP contribution in [0.3, 0.4) is 0 Å². The number of carbonyl (C=O) groups is 1. The molecule has 1 aliphatic carbocycles. The third-order valence-corrected chi connectivity index (χ3v) is 1.84. The zero-order valence-corrected chi connectivity index (χ0v) is 6.52. The van der Waals surface area contributed by atoms with Crippen molar-refractivity contribution in [1.82, 2.24) is 0 Å². The smallest absolute Gasteiger partial charge is 0.384 e. The van der Waals surface area contributed by atoms with Gasteiger partial charge in [-0.2, -0.15) is 0 Å². The van der Waals surface area contributed by atoms with Crippen LogP contribution in [-0.4, -0.2) is 18.6 Å². The van der Waals surface area contributed by atoms with E-state index in [4.69, 9.17) is 5.73 Å². The van der Waals surface area contributed by atoms with Gasteiger partial charge in [0.15, 0.2) is 0 Å². The zero-order chi connectivity index (χ0) is 8.32. The molecule has 0 aromatic rings. The van der Waals surface area contributed by atoms with Gasteiger partial charge in [-0.15, -0.1) is 0 Å². The van der Waals surface area contributed by atoms with Crippen LogP contribution >= 0.6 is 0 Å². The Bertz CT molecular complexity index is 220. The van der Waals surface area contributed by atoms with Gasteiger partial charge in [0.2, 0.25) is 0 Å². The van der Waals surface area contributed by atoms with Crippen LogP contribution in [0.25, 0.3) is 0 Å². The van der Waals surface area contributed by atoms with E-state index >= 15 is 0 Å². The molecule has 1 saturated carbocycles. The van der Waals surface area contributed by atoms with Crippen molar-refractivity contribution in [1.29, 1.82) is 0 Å². The molecule has 0 spiro atoms.